The van der Waals surface area contributed by atoms with Gasteiger partial charge in [0.25, 0.3) is 0 Å². The van der Waals surface area contributed by atoms with Gasteiger partial charge in [0.05, 0.1) is 12.8 Å². The van der Waals surface area contributed by atoms with Gasteiger partial charge in [-0.15, -0.1) is 0 Å². The maximum Gasteiger partial charge on any atom is 0.213 e. The Morgan fingerprint density at radius 2 is 2.10 bits per heavy atom. The van der Waals surface area contributed by atoms with E-state index in [4.69, 9.17) is 15.2 Å². The Morgan fingerprint density at radius 1 is 1.25 bits per heavy atom. The number of benzene rings is 1. The SMILES string of the molecule is COc1cccc(COc2ccc(F)cc2CCN)n1. The molecule has 0 spiro atoms. The van der Waals surface area contributed by atoms with Gasteiger partial charge in [-0.05, 0) is 42.8 Å². The number of ether oxygens (including phenoxy) is 2. The summed E-state index contributed by atoms with van der Waals surface area (Å²) < 4.78 is 23.9. The zero-order valence-electron chi connectivity index (χ0n) is 11.3. The van der Waals surface area contributed by atoms with Crippen molar-refractivity contribution in [1.29, 1.82) is 0 Å². The van der Waals surface area contributed by atoms with Gasteiger partial charge >= 0.3 is 0 Å². The van der Waals surface area contributed by atoms with Crippen molar-refractivity contribution in [3.63, 3.8) is 0 Å². The molecule has 0 aliphatic heterocycles. The van der Waals surface area contributed by atoms with Crippen LogP contribution >= 0.6 is 0 Å². The van der Waals surface area contributed by atoms with Gasteiger partial charge in [0.2, 0.25) is 5.88 Å². The van der Waals surface area contributed by atoms with Gasteiger partial charge in [-0.1, -0.05) is 6.07 Å². The minimum Gasteiger partial charge on any atom is -0.487 e. The summed E-state index contributed by atoms with van der Waals surface area (Å²) in [6.07, 6.45) is 0.568. The van der Waals surface area contributed by atoms with Crippen LogP contribution in [0.15, 0.2) is 36.4 Å². The molecule has 0 bridgehead atoms. The van der Waals surface area contributed by atoms with Crippen molar-refractivity contribution in [2.24, 2.45) is 5.73 Å². The van der Waals surface area contributed by atoms with Crippen molar-refractivity contribution in [3.05, 3.63) is 53.5 Å². The second-order valence-corrected chi connectivity index (χ2v) is 4.25. The molecule has 0 radical (unpaired) electrons. The summed E-state index contributed by atoms with van der Waals surface area (Å²) in [5.41, 5.74) is 7.02. The number of hydrogen-bond donors (Lipinski definition) is 1. The Kier molecular flexibility index (Phi) is 4.90. The van der Waals surface area contributed by atoms with Gasteiger partial charge in [0, 0.05) is 6.07 Å². The lowest BCUT2D eigenvalue weighted by molar-refractivity contribution is 0.294. The first kappa shape index (κ1) is 14.3. The van der Waals surface area contributed by atoms with Crippen LogP contribution in [0.25, 0.3) is 0 Å². The van der Waals surface area contributed by atoms with Crippen LogP contribution in [0, 0.1) is 5.82 Å². The van der Waals surface area contributed by atoms with Crippen LogP contribution in [-0.2, 0) is 13.0 Å². The Bertz CT molecular complexity index is 576. The number of rotatable bonds is 6. The van der Waals surface area contributed by atoms with Crippen molar-refractivity contribution in [2.45, 2.75) is 13.0 Å². The predicted molar refractivity (Wildman–Crippen MR) is 74.3 cm³/mol. The molecule has 0 unspecified atom stereocenters. The lowest BCUT2D eigenvalue weighted by atomic mass is 10.1. The molecule has 2 aromatic rings. The van der Waals surface area contributed by atoms with Gasteiger partial charge in [-0.2, -0.15) is 0 Å². The van der Waals surface area contributed by atoms with E-state index in [1.807, 2.05) is 12.1 Å². The molecule has 0 saturated carbocycles. The maximum absolute atomic E-state index is 13.2. The molecule has 2 N–H and O–H groups in total. The minimum atomic E-state index is -0.291. The van der Waals surface area contributed by atoms with E-state index in [1.54, 1.807) is 19.2 Å². The molecule has 5 heteroatoms. The van der Waals surface area contributed by atoms with E-state index >= 15 is 0 Å². The molecular weight excluding hydrogens is 259 g/mol. The number of aromatic nitrogens is 1. The number of methoxy groups -OCH3 is 1. The molecule has 1 aromatic heterocycles. The lowest BCUT2D eigenvalue weighted by Gasteiger charge is -2.11. The third-order valence-corrected chi connectivity index (χ3v) is 2.80. The summed E-state index contributed by atoms with van der Waals surface area (Å²) in [7, 11) is 1.56. The minimum absolute atomic E-state index is 0.291. The highest BCUT2D eigenvalue weighted by molar-refractivity contribution is 5.34. The first-order valence-corrected chi connectivity index (χ1v) is 6.34. The molecule has 2 rings (SSSR count). The molecular formula is C15H17FN2O2. The van der Waals surface area contributed by atoms with E-state index < -0.39 is 0 Å². The zero-order chi connectivity index (χ0) is 14.4. The summed E-state index contributed by atoms with van der Waals surface area (Å²) in [5.74, 6) is 0.870. The van der Waals surface area contributed by atoms with Crippen molar-refractivity contribution in [1.82, 2.24) is 4.98 Å². The fraction of sp³-hybridized carbons (Fsp3) is 0.267. The number of nitrogens with zero attached hydrogens (tertiary/aromatic N) is 1. The number of nitrogens with two attached hydrogens (primary N) is 1. The quantitative estimate of drug-likeness (QED) is 0.879. The summed E-state index contributed by atoms with van der Waals surface area (Å²) in [5, 5.41) is 0. The van der Waals surface area contributed by atoms with Crippen molar-refractivity contribution >= 4 is 0 Å². The van der Waals surface area contributed by atoms with Crippen LogP contribution in [0.2, 0.25) is 0 Å². The van der Waals surface area contributed by atoms with Crippen LogP contribution < -0.4 is 15.2 Å². The molecule has 4 nitrogen and oxygen atoms in total. The highest BCUT2D eigenvalue weighted by atomic mass is 19.1. The molecule has 0 fully saturated rings. The topological polar surface area (TPSA) is 57.4 Å². The number of pyridine rings is 1. The highest BCUT2D eigenvalue weighted by Gasteiger charge is 2.06. The van der Waals surface area contributed by atoms with Crippen LogP contribution in [0.5, 0.6) is 11.6 Å². The molecule has 20 heavy (non-hydrogen) atoms. The molecule has 0 atom stereocenters. The standard InChI is InChI=1S/C15H17FN2O2/c1-19-15-4-2-3-13(18-15)10-20-14-6-5-12(16)9-11(14)7-8-17/h2-6,9H,7-8,10,17H2,1H3. The Balaban J connectivity index is 2.09. The molecule has 0 amide bonds. The molecule has 0 aliphatic rings. The Hall–Kier alpha value is -2.14. The molecule has 1 heterocycles. The van der Waals surface area contributed by atoms with Crippen LogP contribution in [-0.4, -0.2) is 18.6 Å². The summed E-state index contributed by atoms with van der Waals surface area (Å²) in [6.45, 7) is 0.734. The molecule has 0 aliphatic carbocycles. The fourth-order valence-electron chi connectivity index (χ4n) is 1.84. The Morgan fingerprint density at radius 3 is 2.85 bits per heavy atom. The molecule has 1 aromatic carbocycles. The normalized spacial score (nSPS) is 10.3. The zero-order valence-corrected chi connectivity index (χ0v) is 11.3. The van der Waals surface area contributed by atoms with E-state index in [1.165, 1.54) is 12.1 Å². The molecule has 106 valence electrons. The second kappa shape index (κ2) is 6.86. The smallest absolute Gasteiger partial charge is 0.213 e. The monoisotopic (exact) mass is 276 g/mol. The average Bonchev–Trinajstić information content (AvgIpc) is 2.47. The van der Waals surface area contributed by atoms with Gasteiger partial charge < -0.3 is 15.2 Å². The summed E-state index contributed by atoms with van der Waals surface area (Å²) in [4.78, 5) is 4.25. The van der Waals surface area contributed by atoms with Crippen molar-refractivity contribution in [3.8, 4) is 11.6 Å². The van der Waals surface area contributed by atoms with Crippen molar-refractivity contribution in [2.75, 3.05) is 13.7 Å². The van der Waals surface area contributed by atoms with E-state index in [-0.39, 0.29) is 5.82 Å². The largest absolute Gasteiger partial charge is 0.487 e. The number of hydrogen-bond acceptors (Lipinski definition) is 4. The first-order chi connectivity index (χ1) is 9.72. The van der Waals surface area contributed by atoms with E-state index in [2.05, 4.69) is 4.98 Å². The summed E-state index contributed by atoms with van der Waals surface area (Å²) in [6, 6.07) is 9.88. The van der Waals surface area contributed by atoms with Gasteiger partial charge in [0.1, 0.15) is 18.2 Å². The van der Waals surface area contributed by atoms with Crippen LogP contribution in [0.3, 0.4) is 0 Å². The predicted octanol–water partition coefficient (Wildman–Crippen LogP) is 2.31. The van der Waals surface area contributed by atoms with Gasteiger partial charge in [0.15, 0.2) is 0 Å². The van der Waals surface area contributed by atoms with E-state index in [0.29, 0.717) is 31.2 Å². The van der Waals surface area contributed by atoms with Gasteiger partial charge in [-0.25, -0.2) is 9.37 Å². The maximum atomic E-state index is 13.2. The highest BCUT2D eigenvalue weighted by Crippen LogP contribution is 2.21. The fourth-order valence-corrected chi connectivity index (χ4v) is 1.84. The van der Waals surface area contributed by atoms with Crippen molar-refractivity contribution < 1.29 is 13.9 Å². The second-order valence-electron chi connectivity index (χ2n) is 4.25. The van der Waals surface area contributed by atoms with E-state index in [9.17, 15) is 4.39 Å². The van der Waals surface area contributed by atoms with Crippen LogP contribution in [0.1, 0.15) is 11.3 Å². The van der Waals surface area contributed by atoms with Crippen LogP contribution in [0.4, 0.5) is 4.39 Å². The third kappa shape index (κ3) is 3.68. The van der Waals surface area contributed by atoms with Gasteiger partial charge in [-0.3, -0.25) is 0 Å². The Labute approximate surface area is 117 Å². The van der Waals surface area contributed by atoms with E-state index in [0.717, 1.165) is 11.3 Å². The molecule has 0 saturated heterocycles. The summed E-state index contributed by atoms with van der Waals surface area (Å²) >= 11 is 0. The number of halogens is 1. The third-order valence-electron chi connectivity index (χ3n) is 2.80. The average molecular weight is 276 g/mol. The lowest BCUT2D eigenvalue weighted by Crippen LogP contribution is -2.06. The first-order valence-electron chi connectivity index (χ1n) is 6.34.